The highest BCUT2D eigenvalue weighted by Gasteiger charge is 2.11. The van der Waals surface area contributed by atoms with Gasteiger partial charge >= 0.3 is 0 Å². The van der Waals surface area contributed by atoms with Crippen LogP contribution in [-0.4, -0.2) is 21.8 Å². The molecule has 4 rings (SSSR count). The van der Waals surface area contributed by atoms with E-state index in [4.69, 9.17) is 0 Å². The molecule has 0 unspecified atom stereocenters. The Morgan fingerprint density at radius 3 is 1.58 bits per heavy atom. The maximum Gasteiger partial charge on any atom is 0.242 e. The predicted octanol–water partition coefficient (Wildman–Crippen LogP) is 2.58. The third kappa shape index (κ3) is 3.17. The second-order valence-electron chi connectivity index (χ2n) is 6.17. The Bertz CT molecular complexity index is 1010. The van der Waals surface area contributed by atoms with Gasteiger partial charge in [-0.25, -0.2) is 0 Å². The fourth-order valence-electron chi connectivity index (χ4n) is 3.13. The van der Waals surface area contributed by atoms with Crippen molar-refractivity contribution < 1.29 is 9.59 Å². The minimum Gasteiger partial charge on any atom is -0.361 e. The number of hydrazine groups is 1. The number of hydrogen-bond donors (Lipinski definition) is 4. The van der Waals surface area contributed by atoms with Gasteiger partial charge in [0.2, 0.25) is 11.8 Å². The molecule has 4 N–H and O–H groups in total. The highest BCUT2D eigenvalue weighted by molar-refractivity contribution is 5.91. The zero-order chi connectivity index (χ0) is 17.9. The van der Waals surface area contributed by atoms with Crippen LogP contribution in [0.1, 0.15) is 11.1 Å². The molecule has 2 heterocycles. The molecular formula is C20H18N4O2. The molecule has 0 radical (unpaired) electrons. The third-order valence-electron chi connectivity index (χ3n) is 4.39. The summed E-state index contributed by atoms with van der Waals surface area (Å²) in [5.41, 5.74) is 8.72. The van der Waals surface area contributed by atoms with E-state index in [0.717, 1.165) is 32.9 Å². The molecule has 0 bridgehead atoms. The molecular weight excluding hydrogens is 328 g/mol. The molecule has 0 saturated heterocycles. The van der Waals surface area contributed by atoms with E-state index in [1.54, 1.807) is 0 Å². The Labute approximate surface area is 149 Å². The molecule has 0 saturated carbocycles. The summed E-state index contributed by atoms with van der Waals surface area (Å²) in [5, 5.41) is 2.01. The summed E-state index contributed by atoms with van der Waals surface area (Å²) < 4.78 is 0. The van der Waals surface area contributed by atoms with Gasteiger partial charge in [0.25, 0.3) is 0 Å². The number of hydrogen-bond acceptors (Lipinski definition) is 2. The highest BCUT2D eigenvalue weighted by Crippen LogP contribution is 2.18. The smallest absolute Gasteiger partial charge is 0.242 e. The zero-order valence-electron chi connectivity index (χ0n) is 14.0. The number of fused-ring (bicyclic) bond motifs is 2. The summed E-state index contributed by atoms with van der Waals surface area (Å²) in [5.74, 6) is -0.524. The van der Waals surface area contributed by atoms with Crippen LogP contribution in [0, 0.1) is 0 Å². The number of aromatic amines is 2. The van der Waals surface area contributed by atoms with Crippen molar-refractivity contribution in [3.63, 3.8) is 0 Å². The van der Waals surface area contributed by atoms with Gasteiger partial charge in [-0.2, -0.15) is 0 Å². The second-order valence-corrected chi connectivity index (χ2v) is 6.17. The van der Waals surface area contributed by atoms with Crippen LogP contribution >= 0.6 is 0 Å². The van der Waals surface area contributed by atoms with E-state index in [2.05, 4.69) is 20.8 Å². The number of carbonyl (C=O) groups is 2. The SMILES string of the molecule is O=C(Cc1c[nH]c2ccccc12)NNC(=O)Cc1c[nH]c2ccccc12. The van der Waals surface area contributed by atoms with Gasteiger partial charge in [0.1, 0.15) is 0 Å². The number of nitrogens with one attached hydrogen (secondary N) is 4. The predicted molar refractivity (Wildman–Crippen MR) is 100 cm³/mol. The Morgan fingerprint density at radius 1 is 0.692 bits per heavy atom. The lowest BCUT2D eigenvalue weighted by atomic mass is 10.1. The fraction of sp³-hybridized carbons (Fsp3) is 0.100. The van der Waals surface area contributed by atoms with Crippen LogP contribution in [0.3, 0.4) is 0 Å². The number of carbonyl (C=O) groups excluding carboxylic acids is 2. The van der Waals surface area contributed by atoms with E-state index in [1.807, 2.05) is 60.9 Å². The lowest BCUT2D eigenvalue weighted by Crippen LogP contribution is -2.43. The van der Waals surface area contributed by atoms with Gasteiger partial charge in [-0.15, -0.1) is 0 Å². The van der Waals surface area contributed by atoms with Gasteiger partial charge in [0, 0.05) is 34.2 Å². The molecule has 130 valence electrons. The zero-order valence-corrected chi connectivity index (χ0v) is 14.0. The molecule has 2 aromatic heterocycles. The molecule has 6 heteroatoms. The molecule has 0 aliphatic heterocycles. The number of benzene rings is 2. The van der Waals surface area contributed by atoms with Gasteiger partial charge in [0.05, 0.1) is 12.8 Å². The van der Waals surface area contributed by atoms with Gasteiger partial charge < -0.3 is 9.97 Å². The molecule has 0 spiro atoms. The van der Waals surface area contributed by atoms with E-state index in [1.165, 1.54) is 0 Å². The van der Waals surface area contributed by atoms with Crippen LogP contribution in [0.15, 0.2) is 60.9 Å². The average molecular weight is 346 g/mol. The molecule has 2 aromatic carbocycles. The van der Waals surface area contributed by atoms with Crippen LogP contribution in [-0.2, 0) is 22.4 Å². The number of H-pyrrole nitrogens is 2. The quantitative estimate of drug-likeness (QED) is 0.428. The first-order chi connectivity index (χ1) is 12.7. The van der Waals surface area contributed by atoms with Crippen molar-refractivity contribution in [1.82, 2.24) is 20.8 Å². The van der Waals surface area contributed by atoms with Crippen LogP contribution in [0.5, 0.6) is 0 Å². The molecule has 0 aliphatic carbocycles. The van der Waals surface area contributed by atoms with Crippen LogP contribution in [0.2, 0.25) is 0 Å². The Balaban J connectivity index is 1.34. The topological polar surface area (TPSA) is 89.8 Å². The van der Waals surface area contributed by atoms with Crippen molar-refractivity contribution in [2.45, 2.75) is 12.8 Å². The van der Waals surface area contributed by atoms with Gasteiger partial charge in [-0.1, -0.05) is 36.4 Å². The van der Waals surface area contributed by atoms with Gasteiger partial charge in [0.15, 0.2) is 0 Å². The molecule has 4 aromatic rings. The highest BCUT2D eigenvalue weighted by atomic mass is 16.2. The summed E-state index contributed by atoms with van der Waals surface area (Å²) >= 11 is 0. The fourth-order valence-corrected chi connectivity index (χ4v) is 3.13. The van der Waals surface area contributed by atoms with Crippen LogP contribution < -0.4 is 10.9 Å². The largest absolute Gasteiger partial charge is 0.361 e. The minimum absolute atomic E-state index is 0.192. The summed E-state index contributed by atoms with van der Waals surface area (Å²) in [6, 6.07) is 15.6. The lowest BCUT2D eigenvalue weighted by Gasteiger charge is -2.07. The summed E-state index contributed by atoms with van der Waals surface area (Å²) in [7, 11) is 0. The number of aromatic nitrogens is 2. The maximum atomic E-state index is 12.1. The first kappa shape index (κ1) is 16.0. The Hall–Kier alpha value is -3.54. The van der Waals surface area contributed by atoms with Gasteiger partial charge in [-0.05, 0) is 23.3 Å². The summed E-state index contributed by atoms with van der Waals surface area (Å²) in [4.78, 5) is 30.5. The van der Waals surface area contributed by atoms with Crippen molar-refractivity contribution in [3.8, 4) is 0 Å². The van der Waals surface area contributed by atoms with E-state index < -0.39 is 0 Å². The lowest BCUT2D eigenvalue weighted by molar-refractivity contribution is -0.128. The normalized spacial score (nSPS) is 10.9. The molecule has 0 aliphatic rings. The second kappa shape index (κ2) is 6.76. The van der Waals surface area contributed by atoms with Crippen molar-refractivity contribution >= 4 is 33.6 Å². The van der Waals surface area contributed by atoms with E-state index in [-0.39, 0.29) is 24.7 Å². The monoisotopic (exact) mass is 346 g/mol. The maximum absolute atomic E-state index is 12.1. The average Bonchev–Trinajstić information content (AvgIpc) is 3.25. The van der Waals surface area contributed by atoms with E-state index >= 15 is 0 Å². The third-order valence-corrected chi connectivity index (χ3v) is 4.39. The molecule has 0 fully saturated rings. The summed E-state index contributed by atoms with van der Waals surface area (Å²) in [6.07, 6.45) is 4.02. The standard InChI is InChI=1S/C20H18N4O2/c25-19(9-13-11-21-17-7-3-1-5-15(13)17)23-24-20(26)10-14-12-22-18-8-4-2-6-16(14)18/h1-8,11-12,21-22H,9-10H2,(H,23,25)(H,24,26). The first-order valence-corrected chi connectivity index (χ1v) is 8.38. The van der Waals surface area contributed by atoms with Crippen molar-refractivity contribution in [2.24, 2.45) is 0 Å². The van der Waals surface area contributed by atoms with Crippen LogP contribution in [0.25, 0.3) is 21.8 Å². The van der Waals surface area contributed by atoms with Crippen molar-refractivity contribution in [2.75, 3.05) is 0 Å². The summed E-state index contributed by atoms with van der Waals surface area (Å²) in [6.45, 7) is 0. The van der Waals surface area contributed by atoms with E-state index in [0.29, 0.717) is 0 Å². The number of rotatable bonds is 4. The number of para-hydroxylation sites is 2. The van der Waals surface area contributed by atoms with Crippen molar-refractivity contribution in [3.05, 3.63) is 72.1 Å². The Morgan fingerprint density at radius 2 is 1.12 bits per heavy atom. The molecule has 6 nitrogen and oxygen atoms in total. The van der Waals surface area contributed by atoms with Crippen LogP contribution in [0.4, 0.5) is 0 Å². The van der Waals surface area contributed by atoms with E-state index in [9.17, 15) is 9.59 Å². The minimum atomic E-state index is -0.262. The Kier molecular flexibility index (Phi) is 4.15. The number of amides is 2. The molecule has 2 amide bonds. The molecule has 26 heavy (non-hydrogen) atoms. The van der Waals surface area contributed by atoms with Gasteiger partial charge in [-0.3, -0.25) is 20.4 Å². The van der Waals surface area contributed by atoms with Crippen molar-refractivity contribution in [1.29, 1.82) is 0 Å². The first-order valence-electron chi connectivity index (χ1n) is 8.38. The molecule has 0 atom stereocenters.